The van der Waals surface area contributed by atoms with Gasteiger partial charge in [0.2, 0.25) is 5.91 Å². The second-order valence-electron chi connectivity index (χ2n) is 8.38. The van der Waals surface area contributed by atoms with E-state index in [0.29, 0.717) is 31.7 Å². The van der Waals surface area contributed by atoms with Crippen molar-refractivity contribution in [2.24, 2.45) is 11.5 Å². The number of benzene rings is 1. The number of anilines is 1. The lowest BCUT2D eigenvalue weighted by Gasteiger charge is -2.36. The lowest BCUT2D eigenvalue weighted by Crippen LogP contribution is -2.40. The van der Waals surface area contributed by atoms with Crippen LogP contribution in [0.4, 0.5) is 10.5 Å². The molecule has 0 heterocycles. The van der Waals surface area contributed by atoms with Gasteiger partial charge in [0.15, 0.2) is 8.32 Å². The van der Waals surface area contributed by atoms with E-state index >= 15 is 0 Å². The summed E-state index contributed by atoms with van der Waals surface area (Å²) in [6.45, 7) is 12.1. The summed E-state index contributed by atoms with van der Waals surface area (Å²) in [5, 5.41) is 5.48. The Hall–Kier alpha value is -1.17. The Morgan fingerprint density at radius 2 is 1.93 bits per heavy atom. The molecule has 9 heteroatoms. The van der Waals surface area contributed by atoms with Gasteiger partial charge in [-0.2, -0.15) is 0 Å². The zero-order valence-electron chi connectivity index (χ0n) is 17.4. The summed E-state index contributed by atoms with van der Waals surface area (Å²) in [7, 11) is -1.81. The summed E-state index contributed by atoms with van der Waals surface area (Å²) >= 11 is 2.26. The molecule has 0 radical (unpaired) electrons. The van der Waals surface area contributed by atoms with E-state index in [1.165, 1.54) is 0 Å². The molecule has 0 aliphatic heterocycles. The lowest BCUT2D eigenvalue weighted by molar-refractivity contribution is -0.117. The maximum absolute atomic E-state index is 12.2. The van der Waals surface area contributed by atoms with Crippen molar-refractivity contribution in [2.75, 3.05) is 11.9 Å². The molecule has 1 atom stereocenters. The number of primary amides is 1. The van der Waals surface area contributed by atoms with Crippen LogP contribution >= 0.6 is 22.6 Å². The fourth-order valence-corrected chi connectivity index (χ4v) is 3.74. The van der Waals surface area contributed by atoms with E-state index in [0.717, 1.165) is 9.13 Å². The predicted molar refractivity (Wildman–Crippen MR) is 125 cm³/mol. The maximum atomic E-state index is 12.2. The van der Waals surface area contributed by atoms with Gasteiger partial charge in [0.25, 0.3) is 0 Å². The van der Waals surface area contributed by atoms with Crippen LogP contribution < -0.4 is 22.1 Å². The summed E-state index contributed by atoms with van der Waals surface area (Å²) in [4.78, 5) is 22.9. The Bertz CT molecular complexity index is 692. The first kappa shape index (κ1) is 24.9. The minimum atomic E-state index is -1.81. The molecule has 1 aromatic rings. The van der Waals surface area contributed by atoms with Gasteiger partial charge in [-0.1, -0.05) is 26.8 Å². The maximum Gasteiger partial charge on any atom is 0.312 e. The van der Waals surface area contributed by atoms with Crippen LogP contribution in [0.15, 0.2) is 18.2 Å². The summed E-state index contributed by atoms with van der Waals surface area (Å²) < 4.78 is 7.32. The molecule has 1 rings (SSSR count). The molecule has 6 N–H and O–H groups in total. The molecule has 7 nitrogen and oxygen atoms in total. The fourth-order valence-electron chi connectivity index (χ4n) is 2.12. The summed E-state index contributed by atoms with van der Waals surface area (Å²) in [6, 6.07) is 4.54. The number of nitrogens with two attached hydrogens (primary N) is 2. The Balaban J connectivity index is 2.59. The smallest absolute Gasteiger partial charge is 0.312 e. The third-order valence-corrected chi connectivity index (χ3v) is 10.5. The summed E-state index contributed by atoms with van der Waals surface area (Å²) in [5.41, 5.74) is 12.7. The van der Waals surface area contributed by atoms with E-state index in [1.54, 1.807) is 0 Å². The van der Waals surface area contributed by atoms with Crippen molar-refractivity contribution in [2.45, 2.75) is 64.4 Å². The highest BCUT2D eigenvalue weighted by Gasteiger charge is 2.37. The van der Waals surface area contributed by atoms with Gasteiger partial charge in [-0.25, -0.2) is 4.79 Å². The third-order valence-electron chi connectivity index (χ3n) is 5.04. The number of amides is 3. The van der Waals surface area contributed by atoms with Crippen molar-refractivity contribution in [3.05, 3.63) is 27.3 Å². The Kier molecular flexibility index (Phi) is 9.38. The minimum absolute atomic E-state index is 0.162. The molecule has 28 heavy (non-hydrogen) atoms. The van der Waals surface area contributed by atoms with Crippen molar-refractivity contribution >= 4 is 48.5 Å². The standard InChI is InChI=1S/C19H33IN4O3Si/c1-19(2,3)28(4,5)27-12-13-8-9-14(11-15(13)20)24-17(25)16(21)7-6-10-23-18(22)26/h8-9,11,16H,6-7,10,12,21H2,1-5H3,(H,24,25)(H3,22,23,26)/t16-/m0/s1. The highest BCUT2D eigenvalue weighted by Crippen LogP contribution is 2.37. The number of hydrogen-bond donors (Lipinski definition) is 4. The fraction of sp³-hybridized carbons (Fsp3) is 0.579. The first-order chi connectivity index (χ1) is 12.8. The van der Waals surface area contributed by atoms with Crippen LogP contribution in [-0.2, 0) is 15.8 Å². The average Bonchev–Trinajstić information content (AvgIpc) is 2.56. The van der Waals surface area contributed by atoms with Gasteiger partial charge in [-0.05, 0) is 71.3 Å². The minimum Gasteiger partial charge on any atom is -0.413 e. The molecule has 158 valence electrons. The quantitative estimate of drug-likeness (QED) is 0.226. The SMILES string of the molecule is CC(C)(C)[Si](C)(C)OCc1ccc(NC(=O)[C@@H](N)CCCNC(N)=O)cc1I. The molecule has 0 saturated carbocycles. The zero-order chi connectivity index (χ0) is 21.5. The van der Waals surface area contributed by atoms with Crippen molar-refractivity contribution in [3.8, 4) is 0 Å². The van der Waals surface area contributed by atoms with E-state index < -0.39 is 20.4 Å². The first-order valence-electron chi connectivity index (χ1n) is 9.35. The van der Waals surface area contributed by atoms with E-state index in [9.17, 15) is 9.59 Å². The van der Waals surface area contributed by atoms with Crippen molar-refractivity contribution in [1.29, 1.82) is 0 Å². The number of halogens is 1. The van der Waals surface area contributed by atoms with Crippen LogP contribution in [0.3, 0.4) is 0 Å². The van der Waals surface area contributed by atoms with Crippen molar-refractivity contribution in [1.82, 2.24) is 5.32 Å². The molecule has 0 aromatic heterocycles. The highest BCUT2D eigenvalue weighted by molar-refractivity contribution is 14.1. The molecule has 0 unspecified atom stereocenters. The van der Waals surface area contributed by atoms with Gasteiger partial charge in [0, 0.05) is 15.8 Å². The van der Waals surface area contributed by atoms with Crippen LogP contribution in [0.25, 0.3) is 0 Å². The van der Waals surface area contributed by atoms with Crippen LogP contribution in [0.2, 0.25) is 18.1 Å². The molecule has 0 aliphatic rings. The number of urea groups is 1. The number of rotatable bonds is 9. The van der Waals surface area contributed by atoms with Gasteiger partial charge in [-0.15, -0.1) is 0 Å². The van der Waals surface area contributed by atoms with Gasteiger partial charge in [0.05, 0.1) is 12.6 Å². The second-order valence-corrected chi connectivity index (χ2v) is 14.4. The zero-order valence-corrected chi connectivity index (χ0v) is 20.6. The van der Waals surface area contributed by atoms with Gasteiger partial charge < -0.3 is 26.5 Å². The first-order valence-corrected chi connectivity index (χ1v) is 13.3. The lowest BCUT2D eigenvalue weighted by atomic mass is 10.1. The molecule has 0 saturated heterocycles. The van der Waals surface area contributed by atoms with Crippen LogP contribution in [0.1, 0.15) is 39.2 Å². The van der Waals surface area contributed by atoms with Crippen molar-refractivity contribution in [3.63, 3.8) is 0 Å². The molecule has 0 bridgehead atoms. The third kappa shape index (κ3) is 8.06. The normalized spacial score (nSPS) is 13.1. The molecule has 1 aromatic carbocycles. The Morgan fingerprint density at radius 3 is 2.46 bits per heavy atom. The van der Waals surface area contributed by atoms with E-state index in [4.69, 9.17) is 15.9 Å². The molecular formula is C19H33IN4O3Si. The average molecular weight is 520 g/mol. The van der Waals surface area contributed by atoms with Crippen LogP contribution in [-0.4, -0.2) is 32.8 Å². The highest BCUT2D eigenvalue weighted by atomic mass is 127. The van der Waals surface area contributed by atoms with E-state index in [1.807, 2.05) is 18.2 Å². The second kappa shape index (κ2) is 10.6. The molecule has 0 aliphatic carbocycles. The molecule has 3 amide bonds. The number of nitrogens with one attached hydrogen (secondary N) is 2. The van der Waals surface area contributed by atoms with Crippen molar-refractivity contribution < 1.29 is 14.0 Å². The molecular weight excluding hydrogens is 487 g/mol. The van der Waals surface area contributed by atoms with Crippen LogP contribution in [0, 0.1) is 3.57 Å². The van der Waals surface area contributed by atoms with E-state index in [2.05, 4.69) is 67.1 Å². The molecule has 0 fully saturated rings. The van der Waals surface area contributed by atoms with Gasteiger partial charge in [-0.3, -0.25) is 4.79 Å². The number of carbonyl (C=O) groups is 2. The molecule has 0 spiro atoms. The van der Waals surface area contributed by atoms with Crippen LogP contribution in [0.5, 0.6) is 0 Å². The summed E-state index contributed by atoms with van der Waals surface area (Å²) in [5.74, 6) is -0.250. The predicted octanol–water partition coefficient (Wildman–Crippen LogP) is 3.53. The van der Waals surface area contributed by atoms with Gasteiger partial charge >= 0.3 is 6.03 Å². The number of carbonyl (C=O) groups excluding carboxylic acids is 2. The Labute approximate surface area is 182 Å². The van der Waals surface area contributed by atoms with Gasteiger partial charge in [0.1, 0.15) is 0 Å². The number of hydrogen-bond acceptors (Lipinski definition) is 4. The Morgan fingerprint density at radius 1 is 1.29 bits per heavy atom. The van der Waals surface area contributed by atoms with E-state index in [-0.39, 0.29) is 10.9 Å². The topological polar surface area (TPSA) is 119 Å². The monoisotopic (exact) mass is 520 g/mol. The largest absolute Gasteiger partial charge is 0.413 e. The summed E-state index contributed by atoms with van der Waals surface area (Å²) in [6.07, 6.45) is 1.04.